The standard InChI is InChI=1S/C11H12BrClN4O2/c1-6(13)4-5-17-7-8(14-10(17)12)15(2)11(19)16(3)9(7)18/h4H,5H2,1-3H3/b6-4+. The zero-order valence-corrected chi connectivity index (χ0v) is 13.0. The van der Waals surface area contributed by atoms with Crippen LogP contribution in [0.4, 0.5) is 0 Å². The zero-order valence-electron chi connectivity index (χ0n) is 10.6. The maximum absolute atomic E-state index is 12.2. The Balaban J connectivity index is 2.87. The molecular formula is C11H12BrClN4O2. The van der Waals surface area contributed by atoms with Gasteiger partial charge in [-0.15, -0.1) is 0 Å². The van der Waals surface area contributed by atoms with Crippen molar-refractivity contribution in [3.8, 4) is 0 Å². The lowest BCUT2D eigenvalue weighted by molar-refractivity contribution is 0.703. The van der Waals surface area contributed by atoms with Gasteiger partial charge in [-0.1, -0.05) is 17.7 Å². The molecule has 0 atom stereocenters. The SMILES string of the molecule is C/C(Cl)=C\Cn1c(Br)nc2c1c(=O)n(C)c(=O)n2C. The number of rotatable bonds is 2. The minimum atomic E-state index is -0.404. The summed E-state index contributed by atoms with van der Waals surface area (Å²) >= 11 is 9.09. The minimum Gasteiger partial charge on any atom is -0.309 e. The van der Waals surface area contributed by atoms with Gasteiger partial charge in [0.25, 0.3) is 5.56 Å². The molecule has 0 fully saturated rings. The third-order valence-electron chi connectivity index (χ3n) is 2.86. The van der Waals surface area contributed by atoms with Crippen LogP contribution in [0.15, 0.2) is 25.4 Å². The average molecular weight is 348 g/mol. The van der Waals surface area contributed by atoms with Gasteiger partial charge in [0.1, 0.15) is 0 Å². The Bertz CT molecular complexity index is 796. The summed E-state index contributed by atoms with van der Waals surface area (Å²) in [6.07, 6.45) is 1.76. The maximum Gasteiger partial charge on any atom is 0.332 e. The molecular weight excluding hydrogens is 336 g/mol. The summed E-state index contributed by atoms with van der Waals surface area (Å²) in [5.74, 6) is 0. The van der Waals surface area contributed by atoms with Crippen LogP contribution in [0.2, 0.25) is 0 Å². The molecule has 0 amide bonds. The molecule has 0 aliphatic carbocycles. The molecule has 0 N–H and O–H groups in total. The molecule has 2 rings (SSSR count). The van der Waals surface area contributed by atoms with E-state index in [9.17, 15) is 9.59 Å². The maximum atomic E-state index is 12.2. The number of aryl methyl sites for hydroxylation is 1. The van der Waals surface area contributed by atoms with E-state index in [2.05, 4.69) is 20.9 Å². The molecule has 0 aliphatic heterocycles. The molecule has 0 aromatic carbocycles. The number of hydrogen-bond donors (Lipinski definition) is 0. The summed E-state index contributed by atoms with van der Waals surface area (Å²) in [6.45, 7) is 2.16. The number of aromatic nitrogens is 4. The second kappa shape index (κ2) is 4.97. The first kappa shape index (κ1) is 14.1. The van der Waals surface area contributed by atoms with Crippen molar-refractivity contribution in [2.75, 3.05) is 0 Å². The first-order valence-corrected chi connectivity index (χ1v) is 6.65. The van der Waals surface area contributed by atoms with E-state index >= 15 is 0 Å². The number of allylic oxidation sites excluding steroid dienone is 2. The topological polar surface area (TPSA) is 61.8 Å². The Morgan fingerprint density at radius 2 is 2.00 bits per heavy atom. The molecule has 2 aromatic heterocycles. The molecule has 0 bridgehead atoms. The molecule has 0 saturated carbocycles. The summed E-state index contributed by atoms with van der Waals surface area (Å²) in [4.78, 5) is 28.2. The Morgan fingerprint density at radius 3 is 2.58 bits per heavy atom. The van der Waals surface area contributed by atoms with Crippen LogP contribution in [0.1, 0.15) is 6.92 Å². The number of nitrogens with zero attached hydrogens (tertiary/aromatic N) is 4. The Labute approximate surface area is 122 Å². The molecule has 0 spiro atoms. The third kappa shape index (κ3) is 2.28. The monoisotopic (exact) mass is 346 g/mol. The normalized spacial score (nSPS) is 12.4. The first-order chi connectivity index (χ1) is 8.84. The molecule has 2 aromatic rings. The number of imidazole rings is 1. The highest BCUT2D eigenvalue weighted by Crippen LogP contribution is 2.16. The van der Waals surface area contributed by atoms with Gasteiger partial charge in [0, 0.05) is 25.7 Å². The van der Waals surface area contributed by atoms with Crippen LogP contribution in [0.25, 0.3) is 11.2 Å². The van der Waals surface area contributed by atoms with E-state index in [1.54, 1.807) is 24.6 Å². The second-order valence-corrected chi connectivity index (χ2v) is 5.47. The lowest BCUT2D eigenvalue weighted by Gasteiger charge is -2.05. The second-order valence-electron chi connectivity index (χ2n) is 4.16. The zero-order chi connectivity index (χ0) is 14.3. The average Bonchev–Trinajstić information content (AvgIpc) is 2.68. The van der Waals surface area contributed by atoms with Crippen LogP contribution in [0.3, 0.4) is 0 Å². The Kier molecular flexibility index (Phi) is 3.69. The van der Waals surface area contributed by atoms with Crippen molar-refractivity contribution in [1.82, 2.24) is 18.7 Å². The minimum absolute atomic E-state index is 0.348. The lowest BCUT2D eigenvalue weighted by atomic mass is 10.4. The van der Waals surface area contributed by atoms with Gasteiger partial charge in [0.15, 0.2) is 15.9 Å². The van der Waals surface area contributed by atoms with E-state index in [-0.39, 0.29) is 5.56 Å². The summed E-state index contributed by atoms with van der Waals surface area (Å²) < 4.78 is 4.55. The van der Waals surface area contributed by atoms with Crippen molar-refractivity contribution >= 4 is 38.7 Å². The predicted octanol–water partition coefficient (Wildman–Crippen LogP) is 1.34. The van der Waals surface area contributed by atoms with Crippen molar-refractivity contribution in [1.29, 1.82) is 0 Å². The fourth-order valence-corrected chi connectivity index (χ4v) is 2.36. The Hall–Kier alpha value is -1.34. The number of hydrogen-bond acceptors (Lipinski definition) is 3. The van der Waals surface area contributed by atoms with Crippen LogP contribution >= 0.6 is 27.5 Å². The molecule has 2 heterocycles. The van der Waals surface area contributed by atoms with Crippen molar-refractivity contribution in [3.05, 3.63) is 36.7 Å². The molecule has 0 unspecified atom stereocenters. The van der Waals surface area contributed by atoms with Crippen molar-refractivity contribution in [2.45, 2.75) is 13.5 Å². The molecule has 0 radical (unpaired) electrons. The van der Waals surface area contributed by atoms with Crippen LogP contribution in [0, 0.1) is 0 Å². The fraction of sp³-hybridized carbons (Fsp3) is 0.364. The highest BCUT2D eigenvalue weighted by Gasteiger charge is 2.16. The fourth-order valence-electron chi connectivity index (χ4n) is 1.80. The van der Waals surface area contributed by atoms with E-state index in [0.717, 1.165) is 4.57 Å². The van der Waals surface area contributed by atoms with Gasteiger partial charge >= 0.3 is 5.69 Å². The third-order valence-corrected chi connectivity index (χ3v) is 3.62. The van der Waals surface area contributed by atoms with Crippen LogP contribution < -0.4 is 11.2 Å². The van der Waals surface area contributed by atoms with Gasteiger partial charge in [0.05, 0.1) is 0 Å². The van der Waals surface area contributed by atoms with E-state index in [0.29, 0.717) is 27.5 Å². The highest BCUT2D eigenvalue weighted by molar-refractivity contribution is 9.10. The summed E-state index contributed by atoms with van der Waals surface area (Å²) in [6, 6.07) is 0. The van der Waals surface area contributed by atoms with Crippen molar-refractivity contribution < 1.29 is 0 Å². The molecule has 0 aliphatic rings. The van der Waals surface area contributed by atoms with Gasteiger partial charge in [-0.05, 0) is 22.9 Å². The van der Waals surface area contributed by atoms with Crippen LogP contribution in [0.5, 0.6) is 0 Å². The van der Waals surface area contributed by atoms with E-state index in [4.69, 9.17) is 11.6 Å². The largest absolute Gasteiger partial charge is 0.332 e. The highest BCUT2D eigenvalue weighted by atomic mass is 79.9. The molecule has 6 nitrogen and oxygen atoms in total. The van der Waals surface area contributed by atoms with Crippen LogP contribution in [-0.4, -0.2) is 18.7 Å². The predicted molar refractivity (Wildman–Crippen MR) is 77.5 cm³/mol. The molecule has 19 heavy (non-hydrogen) atoms. The summed E-state index contributed by atoms with van der Waals surface area (Å²) in [5.41, 5.74) is -0.0677. The van der Waals surface area contributed by atoms with Gasteiger partial charge in [-0.3, -0.25) is 13.9 Å². The smallest absolute Gasteiger partial charge is 0.309 e. The molecule has 102 valence electrons. The van der Waals surface area contributed by atoms with Gasteiger partial charge in [-0.2, -0.15) is 0 Å². The number of fused-ring (bicyclic) bond motifs is 1. The summed E-state index contributed by atoms with van der Waals surface area (Å²) in [7, 11) is 3.02. The first-order valence-electron chi connectivity index (χ1n) is 5.48. The number of halogens is 2. The summed E-state index contributed by atoms with van der Waals surface area (Å²) in [5, 5.41) is 0.621. The lowest BCUT2D eigenvalue weighted by Crippen LogP contribution is -2.37. The van der Waals surface area contributed by atoms with Gasteiger partial charge in [0.2, 0.25) is 0 Å². The van der Waals surface area contributed by atoms with E-state index < -0.39 is 5.69 Å². The Morgan fingerprint density at radius 1 is 1.37 bits per heavy atom. The van der Waals surface area contributed by atoms with Crippen molar-refractivity contribution in [3.63, 3.8) is 0 Å². The van der Waals surface area contributed by atoms with Gasteiger partial charge < -0.3 is 4.57 Å². The van der Waals surface area contributed by atoms with E-state index in [1.165, 1.54) is 11.6 Å². The van der Waals surface area contributed by atoms with E-state index in [1.807, 2.05) is 0 Å². The quantitative estimate of drug-likeness (QED) is 0.770. The van der Waals surface area contributed by atoms with Gasteiger partial charge in [-0.25, -0.2) is 9.78 Å². The molecule has 8 heteroatoms. The van der Waals surface area contributed by atoms with Crippen molar-refractivity contribution in [2.24, 2.45) is 14.1 Å². The molecule has 0 saturated heterocycles. The van der Waals surface area contributed by atoms with Crippen LogP contribution in [-0.2, 0) is 20.6 Å².